The van der Waals surface area contributed by atoms with Crippen LogP contribution >= 0.6 is 11.6 Å². The van der Waals surface area contributed by atoms with Crippen LogP contribution in [0.4, 0.5) is 11.4 Å². The molecule has 40 heavy (non-hydrogen) atoms. The summed E-state index contributed by atoms with van der Waals surface area (Å²) in [6, 6.07) is 18.0. The molecule has 7 nitrogen and oxygen atoms in total. The van der Waals surface area contributed by atoms with Crippen LogP contribution in [-0.2, 0) is 20.5 Å². The number of fused-ring (bicyclic) bond motifs is 7. The fourth-order valence-electron chi connectivity index (χ4n) is 7.92. The van der Waals surface area contributed by atoms with Gasteiger partial charge in [-0.05, 0) is 87.7 Å². The number of halogens is 1. The third-order valence-electron chi connectivity index (χ3n) is 9.09. The fraction of sp³-hybridized carbons (Fsp3) is 0.344. The molecule has 2 fully saturated rings. The number of aryl methyl sites for hydroxylation is 1. The van der Waals surface area contributed by atoms with Crippen LogP contribution in [0.2, 0.25) is 5.02 Å². The maximum Gasteiger partial charge on any atom is 0.251 e. The highest BCUT2D eigenvalue weighted by Gasteiger charge is 2.81. The number of hydrogen-bond acceptors (Lipinski definition) is 5. The second-order valence-electron chi connectivity index (χ2n) is 11.6. The molecule has 4 unspecified atom stereocenters. The van der Waals surface area contributed by atoms with Crippen LogP contribution in [0.15, 0.2) is 60.7 Å². The molecule has 4 atom stereocenters. The Balaban J connectivity index is 1.51. The predicted octanol–water partition coefficient (Wildman–Crippen LogP) is 5.45. The first kappa shape index (κ1) is 25.3. The molecular formula is C32H30ClN3O4. The minimum absolute atomic E-state index is 0.00136. The standard InChI is InChI=1S/C32H30ClN3O4/c1-17(2)40-20-12-10-19(11-13-20)28(37)26-25-9-6-14-36(25)32(22-15-18(3)16-23(33)27(22)35-30(32)39)31(26)21-7-4-5-8-24(21)34-29(31)38/h4-5,7-8,10-13,15-17,25-26H,6,9,14H2,1-3H3,(H,34,38)(H,35,39). The predicted molar refractivity (Wildman–Crippen MR) is 153 cm³/mol. The van der Waals surface area contributed by atoms with Gasteiger partial charge in [0.15, 0.2) is 5.78 Å². The van der Waals surface area contributed by atoms with E-state index in [1.54, 1.807) is 24.3 Å². The van der Waals surface area contributed by atoms with Gasteiger partial charge in [-0.15, -0.1) is 0 Å². The molecule has 4 aliphatic heterocycles. The van der Waals surface area contributed by atoms with E-state index in [4.69, 9.17) is 16.3 Å². The molecule has 0 aromatic heterocycles. The Kier molecular flexibility index (Phi) is 5.48. The molecule has 3 aromatic carbocycles. The number of nitrogens with zero attached hydrogens (tertiary/aromatic N) is 1. The highest BCUT2D eigenvalue weighted by atomic mass is 35.5. The molecule has 2 amide bonds. The SMILES string of the molecule is Cc1cc(Cl)c2c(c1)C1(C(=O)N2)N2CCCC2C(C(=O)c2ccc(OC(C)C)cc2)C12C(=O)Nc1ccccc12. The molecular weight excluding hydrogens is 526 g/mol. The van der Waals surface area contributed by atoms with Crippen molar-refractivity contribution in [2.24, 2.45) is 5.92 Å². The molecule has 7 rings (SSSR count). The molecule has 4 heterocycles. The van der Waals surface area contributed by atoms with Crippen LogP contribution in [0.1, 0.15) is 53.7 Å². The minimum Gasteiger partial charge on any atom is -0.491 e. The lowest BCUT2D eigenvalue weighted by Gasteiger charge is -2.43. The third kappa shape index (κ3) is 3.02. The number of ether oxygens (including phenoxy) is 1. The topological polar surface area (TPSA) is 87.7 Å². The number of rotatable bonds is 4. The Morgan fingerprint density at radius 3 is 2.52 bits per heavy atom. The number of hydrogen-bond donors (Lipinski definition) is 2. The Hall–Kier alpha value is -3.68. The Labute approximate surface area is 237 Å². The monoisotopic (exact) mass is 555 g/mol. The van der Waals surface area contributed by atoms with Gasteiger partial charge in [0.05, 0.1) is 22.7 Å². The van der Waals surface area contributed by atoms with Crippen molar-refractivity contribution in [1.29, 1.82) is 0 Å². The Bertz CT molecular complexity index is 1600. The summed E-state index contributed by atoms with van der Waals surface area (Å²) in [6.45, 7) is 6.41. The molecule has 0 radical (unpaired) electrons. The molecule has 4 aliphatic rings. The Morgan fingerprint density at radius 2 is 1.77 bits per heavy atom. The first-order valence-electron chi connectivity index (χ1n) is 13.8. The smallest absolute Gasteiger partial charge is 0.251 e. The number of nitrogens with one attached hydrogen (secondary N) is 2. The van der Waals surface area contributed by atoms with Gasteiger partial charge in [-0.2, -0.15) is 0 Å². The van der Waals surface area contributed by atoms with Crippen molar-refractivity contribution in [3.8, 4) is 5.75 Å². The summed E-state index contributed by atoms with van der Waals surface area (Å²) in [5.41, 5.74) is 0.928. The first-order valence-corrected chi connectivity index (χ1v) is 14.2. The zero-order valence-corrected chi connectivity index (χ0v) is 23.3. The van der Waals surface area contributed by atoms with E-state index < -0.39 is 16.9 Å². The molecule has 0 aliphatic carbocycles. The highest BCUT2D eigenvalue weighted by Crippen LogP contribution is 2.68. The van der Waals surface area contributed by atoms with Crippen LogP contribution in [0.3, 0.4) is 0 Å². The van der Waals surface area contributed by atoms with Crippen LogP contribution in [0.5, 0.6) is 5.75 Å². The quantitative estimate of drug-likeness (QED) is 0.418. The number of carbonyl (C=O) groups is 3. The first-order chi connectivity index (χ1) is 19.2. The highest BCUT2D eigenvalue weighted by molar-refractivity contribution is 6.35. The minimum atomic E-state index is -1.49. The van der Waals surface area contributed by atoms with Crippen LogP contribution in [-0.4, -0.2) is 41.2 Å². The van der Waals surface area contributed by atoms with Crippen LogP contribution in [0, 0.1) is 12.8 Å². The van der Waals surface area contributed by atoms with Gasteiger partial charge in [0.25, 0.3) is 5.91 Å². The van der Waals surface area contributed by atoms with Gasteiger partial charge >= 0.3 is 0 Å². The summed E-state index contributed by atoms with van der Waals surface area (Å²) >= 11 is 6.71. The van der Waals surface area contributed by atoms with Crippen molar-refractivity contribution in [2.75, 3.05) is 17.2 Å². The zero-order valence-electron chi connectivity index (χ0n) is 22.6. The van der Waals surface area contributed by atoms with Gasteiger partial charge in [-0.1, -0.05) is 35.9 Å². The van der Waals surface area contributed by atoms with E-state index in [1.807, 2.05) is 57.2 Å². The van der Waals surface area contributed by atoms with Crippen LogP contribution < -0.4 is 15.4 Å². The fourth-order valence-corrected chi connectivity index (χ4v) is 8.24. The van der Waals surface area contributed by atoms with E-state index in [2.05, 4.69) is 15.5 Å². The number of amides is 2. The van der Waals surface area contributed by atoms with Crippen molar-refractivity contribution >= 4 is 40.6 Å². The van der Waals surface area contributed by atoms with E-state index in [1.165, 1.54) is 0 Å². The Morgan fingerprint density at radius 1 is 1.02 bits per heavy atom. The number of anilines is 2. The molecule has 2 spiro atoms. The van der Waals surface area contributed by atoms with Crippen molar-refractivity contribution in [1.82, 2.24) is 4.90 Å². The lowest BCUT2D eigenvalue weighted by Crippen LogP contribution is -2.62. The van der Waals surface area contributed by atoms with Gasteiger partial charge < -0.3 is 15.4 Å². The van der Waals surface area contributed by atoms with Crippen LogP contribution in [0.25, 0.3) is 0 Å². The number of ketones is 1. The summed E-state index contributed by atoms with van der Waals surface area (Å²) in [5, 5.41) is 6.54. The van der Waals surface area contributed by atoms with Crippen molar-refractivity contribution in [2.45, 2.75) is 56.7 Å². The third-order valence-corrected chi connectivity index (χ3v) is 9.39. The van der Waals surface area contributed by atoms with Gasteiger partial charge in [0.2, 0.25) is 5.91 Å². The summed E-state index contributed by atoms with van der Waals surface area (Å²) < 4.78 is 5.80. The lowest BCUT2D eigenvalue weighted by atomic mass is 9.57. The van der Waals surface area contributed by atoms with Gasteiger partial charge in [-0.25, -0.2) is 0 Å². The summed E-state index contributed by atoms with van der Waals surface area (Å²) in [5.74, 6) is -0.931. The van der Waals surface area contributed by atoms with E-state index in [0.717, 1.165) is 12.0 Å². The molecule has 2 saturated heterocycles. The average molecular weight is 556 g/mol. The maximum absolute atomic E-state index is 14.7. The second kappa shape index (κ2) is 8.66. The summed E-state index contributed by atoms with van der Waals surface area (Å²) in [6.07, 6.45) is 1.52. The van der Waals surface area contributed by atoms with E-state index in [0.29, 0.717) is 51.8 Å². The van der Waals surface area contributed by atoms with Gasteiger partial charge in [0, 0.05) is 22.9 Å². The number of Topliss-reactive ketones (excluding diaryl/α,β-unsaturated/α-hetero) is 1. The van der Waals surface area contributed by atoms with Crippen molar-refractivity contribution in [3.63, 3.8) is 0 Å². The van der Waals surface area contributed by atoms with Crippen molar-refractivity contribution in [3.05, 3.63) is 87.9 Å². The van der Waals surface area contributed by atoms with Crippen molar-refractivity contribution < 1.29 is 19.1 Å². The maximum atomic E-state index is 14.7. The van der Waals surface area contributed by atoms with E-state index >= 15 is 0 Å². The molecule has 0 saturated carbocycles. The normalized spacial score (nSPS) is 28.1. The molecule has 204 valence electrons. The molecule has 8 heteroatoms. The number of benzene rings is 3. The molecule has 0 bridgehead atoms. The average Bonchev–Trinajstić information content (AvgIpc) is 3.63. The molecule has 3 aromatic rings. The number of para-hydroxylation sites is 1. The summed E-state index contributed by atoms with van der Waals surface area (Å²) in [7, 11) is 0. The van der Waals surface area contributed by atoms with E-state index in [-0.39, 0.29) is 29.7 Å². The van der Waals surface area contributed by atoms with Gasteiger partial charge in [0.1, 0.15) is 16.7 Å². The molecule has 2 N–H and O–H groups in total. The van der Waals surface area contributed by atoms with Gasteiger partial charge in [-0.3, -0.25) is 19.3 Å². The number of carbonyl (C=O) groups excluding carboxylic acids is 3. The summed E-state index contributed by atoms with van der Waals surface area (Å²) in [4.78, 5) is 45.9. The second-order valence-corrected chi connectivity index (χ2v) is 12.0. The zero-order chi connectivity index (χ0) is 28.0. The lowest BCUT2D eigenvalue weighted by molar-refractivity contribution is -0.137. The largest absolute Gasteiger partial charge is 0.491 e. The van der Waals surface area contributed by atoms with E-state index in [9.17, 15) is 14.4 Å².